The van der Waals surface area contributed by atoms with Crippen LogP contribution in [0.3, 0.4) is 0 Å². The predicted molar refractivity (Wildman–Crippen MR) is 75.3 cm³/mol. The second-order valence-electron chi connectivity index (χ2n) is 3.90. The molecule has 1 atom stereocenters. The van der Waals surface area contributed by atoms with Gasteiger partial charge in [0.05, 0.1) is 6.04 Å². The molecule has 0 aliphatic rings. The molecule has 0 saturated carbocycles. The largest absolute Gasteiger partial charge is 0.337 e. The molecule has 0 spiro atoms. The van der Waals surface area contributed by atoms with Gasteiger partial charge in [0.25, 0.3) is 0 Å². The molecule has 3 nitrogen and oxygen atoms in total. The molecule has 0 saturated heterocycles. The smallest absolute Gasteiger partial charge is 0.125 e. The fourth-order valence-electron chi connectivity index (χ4n) is 1.87. The highest BCUT2D eigenvalue weighted by Crippen LogP contribution is 2.27. The Hall–Kier alpha value is -0.650. The van der Waals surface area contributed by atoms with Gasteiger partial charge in [-0.1, -0.05) is 6.92 Å². The number of nitrogens with zero attached hydrogens (tertiary/aromatic N) is 2. The van der Waals surface area contributed by atoms with Crippen molar-refractivity contribution in [1.29, 1.82) is 0 Å². The highest BCUT2D eigenvalue weighted by atomic mass is 79.9. The van der Waals surface area contributed by atoms with Crippen LogP contribution in [0.5, 0.6) is 0 Å². The molecule has 5 heteroatoms. The number of aromatic nitrogens is 2. The van der Waals surface area contributed by atoms with Gasteiger partial charge in [-0.25, -0.2) is 4.98 Å². The van der Waals surface area contributed by atoms with Crippen LogP contribution in [0.15, 0.2) is 28.3 Å². The van der Waals surface area contributed by atoms with Crippen LogP contribution in [-0.4, -0.2) is 16.1 Å². The molecule has 2 heterocycles. The second kappa shape index (κ2) is 5.80. The first-order valence-electron chi connectivity index (χ1n) is 5.64. The summed E-state index contributed by atoms with van der Waals surface area (Å²) in [5, 5.41) is 5.61. The first-order valence-corrected chi connectivity index (χ1v) is 7.32. The summed E-state index contributed by atoms with van der Waals surface area (Å²) >= 11 is 5.37. The normalized spacial score (nSPS) is 12.9. The Kier molecular flexibility index (Phi) is 4.36. The average molecular weight is 314 g/mol. The number of hydrogen-bond acceptors (Lipinski definition) is 3. The lowest BCUT2D eigenvalue weighted by atomic mass is 10.1. The van der Waals surface area contributed by atoms with Gasteiger partial charge in [0.15, 0.2) is 0 Å². The van der Waals surface area contributed by atoms with E-state index in [4.69, 9.17) is 0 Å². The van der Waals surface area contributed by atoms with E-state index < -0.39 is 0 Å². The molecule has 0 bridgehead atoms. The van der Waals surface area contributed by atoms with E-state index in [9.17, 15) is 0 Å². The molecule has 2 aromatic heterocycles. The van der Waals surface area contributed by atoms with Gasteiger partial charge in [0.2, 0.25) is 0 Å². The maximum absolute atomic E-state index is 4.43. The molecule has 92 valence electrons. The number of thiophene rings is 1. The van der Waals surface area contributed by atoms with Crippen LogP contribution in [-0.2, 0) is 13.5 Å². The monoisotopic (exact) mass is 313 g/mol. The maximum atomic E-state index is 4.43. The fraction of sp³-hybridized carbons (Fsp3) is 0.417. The van der Waals surface area contributed by atoms with Crippen LogP contribution >= 0.6 is 27.3 Å². The van der Waals surface area contributed by atoms with E-state index in [0.29, 0.717) is 0 Å². The molecule has 17 heavy (non-hydrogen) atoms. The Balaban J connectivity index is 2.19. The second-order valence-corrected chi connectivity index (χ2v) is 5.76. The molecule has 0 aromatic carbocycles. The lowest BCUT2D eigenvalue weighted by Crippen LogP contribution is -2.25. The van der Waals surface area contributed by atoms with E-state index >= 15 is 0 Å². The van der Waals surface area contributed by atoms with Gasteiger partial charge in [-0.3, -0.25) is 0 Å². The molecule has 1 unspecified atom stereocenters. The van der Waals surface area contributed by atoms with Crippen molar-refractivity contribution in [3.63, 3.8) is 0 Å². The third kappa shape index (κ3) is 2.97. The van der Waals surface area contributed by atoms with Crippen molar-refractivity contribution in [1.82, 2.24) is 14.9 Å². The molecule has 0 amide bonds. The summed E-state index contributed by atoms with van der Waals surface area (Å²) in [6, 6.07) is 2.37. The van der Waals surface area contributed by atoms with Crippen LogP contribution in [0.4, 0.5) is 0 Å². The number of rotatable bonds is 5. The van der Waals surface area contributed by atoms with Crippen molar-refractivity contribution in [2.75, 3.05) is 6.54 Å². The van der Waals surface area contributed by atoms with Crippen LogP contribution in [0.25, 0.3) is 0 Å². The lowest BCUT2D eigenvalue weighted by molar-refractivity contribution is 0.509. The first kappa shape index (κ1) is 12.8. The van der Waals surface area contributed by atoms with Crippen molar-refractivity contribution in [2.45, 2.75) is 19.4 Å². The zero-order valence-corrected chi connectivity index (χ0v) is 12.4. The lowest BCUT2D eigenvalue weighted by Gasteiger charge is -2.17. The van der Waals surface area contributed by atoms with Gasteiger partial charge < -0.3 is 9.88 Å². The van der Waals surface area contributed by atoms with Crippen molar-refractivity contribution < 1.29 is 0 Å². The summed E-state index contributed by atoms with van der Waals surface area (Å²) in [6.07, 6.45) is 4.81. The van der Waals surface area contributed by atoms with E-state index in [0.717, 1.165) is 18.8 Å². The van der Waals surface area contributed by atoms with Crippen molar-refractivity contribution in [2.24, 2.45) is 7.05 Å². The van der Waals surface area contributed by atoms with Gasteiger partial charge in [-0.05, 0) is 33.9 Å². The summed E-state index contributed by atoms with van der Waals surface area (Å²) in [7, 11) is 2.04. The Labute approximate surface area is 114 Å². The minimum atomic E-state index is 0.273. The Morgan fingerprint density at radius 3 is 2.94 bits per heavy atom. The number of aryl methyl sites for hydroxylation is 1. The average Bonchev–Trinajstić information content (AvgIpc) is 2.88. The molecule has 2 rings (SSSR count). The van der Waals surface area contributed by atoms with Crippen LogP contribution in [0.1, 0.15) is 23.7 Å². The number of nitrogens with one attached hydrogen (secondary N) is 1. The van der Waals surface area contributed by atoms with E-state index in [1.807, 2.05) is 19.4 Å². The van der Waals surface area contributed by atoms with E-state index in [1.165, 1.54) is 9.35 Å². The minimum absolute atomic E-state index is 0.273. The number of halogens is 1. The molecular formula is C12H16BrN3S. The van der Waals surface area contributed by atoms with Gasteiger partial charge in [0, 0.05) is 35.2 Å². The number of imidazole rings is 1. The summed E-state index contributed by atoms with van der Waals surface area (Å²) < 4.78 is 3.27. The quantitative estimate of drug-likeness (QED) is 0.919. The van der Waals surface area contributed by atoms with Crippen LogP contribution < -0.4 is 5.32 Å². The molecule has 2 aromatic rings. The van der Waals surface area contributed by atoms with Crippen LogP contribution in [0, 0.1) is 0 Å². The highest BCUT2D eigenvalue weighted by Gasteiger charge is 2.17. The third-order valence-electron chi connectivity index (χ3n) is 2.70. The molecule has 0 fully saturated rings. The van der Waals surface area contributed by atoms with Gasteiger partial charge in [-0.15, -0.1) is 11.3 Å². The fourth-order valence-corrected chi connectivity index (χ4v) is 3.43. The Morgan fingerprint density at radius 2 is 2.41 bits per heavy atom. The predicted octanol–water partition coefficient (Wildman–Crippen LogP) is 3.14. The molecular weight excluding hydrogens is 298 g/mol. The van der Waals surface area contributed by atoms with E-state index in [1.54, 1.807) is 11.3 Å². The number of likely N-dealkylation sites (N-methyl/N-ethyl adjacent to an activating group) is 1. The summed E-state index contributed by atoms with van der Waals surface area (Å²) in [4.78, 5) is 5.79. The number of hydrogen-bond donors (Lipinski definition) is 1. The highest BCUT2D eigenvalue weighted by molar-refractivity contribution is 9.10. The van der Waals surface area contributed by atoms with Crippen molar-refractivity contribution in [3.8, 4) is 0 Å². The Bertz CT molecular complexity index is 478. The maximum Gasteiger partial charge on any atom is 0.125 e. The van der Waals surface area contributed by atoms with Gasteiger partial charge >= 0.3 is 0 Å². The molecule has 1 N–H and O–H groups in total. The molecule has 0 aliphatic heterocycles. The zero-order valence-electron chi connectivity index (χ0n) is 9.98. The summed E-state index contributed by atoms with van der Waals surface area (Å²) in [5.41, 5.74) is 0. The van der Waals surface area contributed by atoms with E-state index in [2.05, 4.69) is 49.2 Å². The van der Waals surface area contributed by atoms with Crippen molar-refractivity contribution in [3.05, 3.63) is 39.0 Å². The minimum Gasteiger partial charge on any atom is -0.337 e. The SMILES string of the molecule is CCNC(Cc1sccc1Br)c1nccn1C. The summed E-state index contributed by atoms with van der Waals surface area (Å²) in [5.74, 6) is 1.09. The molecule has 0 aliphatic carbocycles. The third-order valence-corrected chi connectivity index (χ3v) is 4.65. The standard InChI is InChI=1S/C12H16BrN3S/c1-3-14-10(12-15-5-6-16(12)2)8-11-9(13)4-7-17-11/h4-7,10,14H,3,8H2,1-2H3. The van der Waals surface area contributed by atoms with Gasteiger partial charge in [-0.2, -0.15) is 0 Å². The summed E-state index contributed by atoms with van der Waals surface area (Å²) in [6.45, 7) is 3.07. The van der Waals surface area contributed by atoms with E-state index in [-0.39, 0.29) is 6.04 Å². The zero-order chi connectivity index (χ0) is 12.3. The van der Waals surface area contributed by atoms with Crippen LogP contribution in [0.2, 0.25) is 0 Å². The topological polar surface area (TPSA) is 29.9 Å². The molecule has 0 radical (unpaired) electrons. The van der Waals surface area contributed by atoms with Crippen molar-refractivity contribution >= 4 is 27.3 Å². The first-order chi connectivity index (χ1) is 8.22. The Morgan fingerprint density at radius 1 is 1.59 bits per heavy atom. The van der Waals surface area contributed by atoms with Gasteiger partial charge in [0.1, 0.15) is 5.82 Å².